The molecule has 0 spiro atoms. The summed E-state index contributed by atoms with van der Waals surface area (Å²) in [7, 11) is 0. The second-order valence-corrected chi connectivity index (χ2v) is 6.61. The van der Waals surface area contributed by atoms with E-state index in [2.05, 4.69) is 9.97 Å². The maximum Gasteiger partial charge on any atom is 0.223 e. The Morgan fingerprint density at radius 2 is 1.65 bits per heavy atom. The number of hydrogen-bond acceptors (Lipinski definition) is 3. The Labute approximate surface area is 137 Å². The van der Waals surface area contributed by atoms with Crippen LogP contribution in [0.5, 0.6) is 0 Å². The molecule has 2 aliphatic rings. The number of aromatic nitrogens is 2. The van der Waals surface area contributed by atoms with Crippen LogP contribution in [0.4, 0.5) is 0 Å². The van der Waals surface area contributed by atoms with Crippen LogP contribution < -0.4 is 0 Å². The Morgan fingerprint density at radius 1 is 1.00 bits per heavy atom. The summed E-state index contributed by atoms with van der Waals surface area (Å²) in [6.45, 7) is 4.94. The SMILES string of the molecule is Cc1nc2c([nH]1)CN(C(=O)CCC(=O)N1CCCCCC1)CC2. The maximum atomic E-state index is 12.4. The van der Waals surface area contributed by atoms with Gasteiger partial charge >= 0.3 is 0 Å². The first-order chi connectivity index (χ1) is 11.1. The van der Waals surface area contributed by atoms with E-state index in [1.54, 1.807) is 0 Å². The Kier molecular flexibility index (Phi) is 4.98. The summed E-state index contributed by atoms with van der Waals surface area (Å²) < 4.78 is 0. The van der Waals surface area contributed by atoms with Gasteiger partial charge in [-0.25, -0.2) is 4.98 Å². The molecule has 0 radical (unpaired) electrons. The fourth-order valence-corrected chi connectivity index (χ4v) is 3.50. The van der Waals surface area contributed by atoms with Gasteiger partial charge in [-0.1, -0.05) is 12.8 Å². The second kappa shape index (κ2) is 7.15. The number of likely N-dealkylation sites (tertiary alicyclic amines) is 1. The first-order valence-corrected chi connectivity index (χ1v) is 8.73. The van der Waals surface area contributed by atoms with E-state index in [4.69, 9.17) is 0 Å². The molecule has 1 aromatic rings. The molecule has 0 aromatic carbocycles. The third-order valence-electron chi connectivity index (χ3n) is 4.81. The van der Waals surface area contributed by atoms with Gasteiger partial charge in [-0.15, -0.1) is 0 Å². The molecule has 2 amide bonds. The second-order valence-electron chi connectivity index (χ2n) is 6.61. The number of H-pyrrole nitrogens is 1. The van der Waals surface area contributed by atoms with Gasteiger partial charge in [0.15, 0.2) is 0 Å². The number of aromatic amines is 1. The van der Waals surface area contributed by atoms with E-state index < -0.39 is 0 Å². The van der Waals surface area contributed by atoms with Crippen LogP contribution >= 0.6 is 0 Å². The van der Waals surface area contributed by atoms with E-state index in [1.807, 2.05) is 16.7 Å². The average Bonchev–Trinajstić information content (AvgIpc) is 2.75. The molecule has 1 aromatic heterocycles. The Bertz CT molecular complexity index is 573. The molecular formula is C17H26N4O2. The van der Waals surface area contributed by atoms with Crippen molar-refractivity contribution in [2.75, 3.05) is 19.6 Å². The lowest BCUT2D eigenvalue weighted by molar-refractivity contribution is -0.137. The van der Waals surface area contributed by atoms with Crippen LogP contribution in [-0.4, -0.2) is 51.2 Å². The quantitative estimate of drug-likeness (QED) is 0.923. The minimum absolute atomic E-state index is 0.0751. The topological polar surface area (TPSA) is 69.3 Å². The lowest BCUT2D eigenvalue weighted by atomic mass is 10.1. The summed E-state index contributed by atoms with van der Waals surface area (Å²) in [6.07, 6.45) is 6.06. The molecular weight excluding hydrogens is 292 g/mol. The number of carbonyl (C=O) groups excluding carboxylic acids is 2. The predicted octanol–water partition coefficient (Wildman–Crippen LogP) is 1.79. The van der Waals surface area contributed by atoms with Crippen molar-refractivity contribution in [3.8, 4) is 0 Å². The fraction of sp³-hybridized carbons (Fsp3) is 0.706. The van der Waals surface area contributed by atoms with Gasteiger partial charge in [0.2, 0.25) is 11.8 Å². The predicted molar refractivity (Wildman–Crippen MR) is 86.7 cm³/mol. The molecule has 3 heterocycles. The molecule has 0 bridgehead atoms. The van der Waals surface area contributed by atoms with Gasteiger partial charge in [-0.05, 0) is 19.8 Å². The van der Waals surface area contributed by atoms with Gasteiger partial charge in [0.1, 0.15) is 5.82 Å². The van der Waals surface area contributed by atoms with Crippen molar-refractivity contribution in [3.05, 3.63) is 17.2 Å². The highest BCUT2D eigenvalue weighted by molar-refractivity contribution is 5.84. The van der Waals surface area contributed by atoms with Gasteiger partial charge in [-0.3, -0.25) is 9.59 Å². The first kappa shape index (κ1) is 16.0. The van der Waals surface area contributed by atoms with Crippen molar-refractivity contribution in [1.29, 1.82) is 0 Å². The fourth-order valence-electron chi connectivity index (χ4n) is 3.50. The number of nitrogens with one attached hydrogen (secondary N) is 1. The van der Waals surface area contributed by atoms with E-state index in [0.29, 0.717) is 25.9 Å². The van der Waals surface area contributed by atoms with Crippen molar-refractivity contribution in [1.82, 2.24) is 19.8 Å². The van der Waals surface area contributed by atoms with Crippen LogP contribution in [0.1, 0.15) is 55.7 Å². The van der Waals surface area contributed by atoms with Gasteiger partial charge in [-0.2, -0.15) is 0 Å². The summed E-state index contributed by atoms with van der Waals surface area (Å²) in [4.78, 5) is 36.1. The molecule has 126 valence electrons. The van der Waals surface area contributed by atoms with Crippen LogP contribution in [-0.2, 0) is 22.6 Å². The number of hydrogen-bond donors (Lipinski definition) is 1. The molecule has 1 fully saturated rings. The van der Waals surface area contributed by atoms with E-state index in [-0.39, 0.29) is 11.8 Å². The zero-order chi connectivity index (χ0) is 16.2. The molecule has 1 N–H and O–H groups in total. The molecule has 6 heteroatoms. The normalized spacial score (nSPS) is 18.5. The minimum atomic E-state index is 0.0751. The Hall–Kier alpha value is -1.85. The third kappa shape index (κ3) is 3.92. The van der Waals surface area contributed by atoms with Crippen LogP contribution in [0.15, 0.2) is 0 Å². The third-order valence-corrected chi connectivity index (χ3v) is 4.81. The van der Waals surface area contributed by atoms with E-state index in [9.17, 15) is 9.59 Å². The van der Waals surface area contributed by atoms with Crippen LogP contribution in [0.3, 0.4) is 0 Å². The molecule has 23 heavy (non-hydrogen) atoms. The van der Waals surface area contributed by atoms with Crippen LogP contribution in [0.25, 0.3) is 0 Å². The maximum absolute atomic E-state index is 12.4. The van der Waals surface area contributed by atoms with Crippen LogP contribution in [0, 0.1) is 6.92 Å². The lowest BCUT2D eigenvalue weighted by Gasteiger charge is -2.27. The van der Waals surface area contributed by atoms with Gasteiger partial charge < -0.3 is 14.8 Å². The van der Waals surface area contributed by atoms with E-state index in [0.717, 1.165) is 49.6 Å². The Morgan fingerprint density at radius 3 is 2.35 bits per heavy atom. The van der Waals surface area contributed by atoms with Gasteiger partial charge in [0.25, 0.3) is 0 Å². The van der Waals surface area contributed by atoms with Crippen molar-refractivity contribution in [2.45, 2.75) is 58.4 Å². The minimum Gasteiger partial charge on any atom is -0.344 e. The highest BCUT2D eigenvalue weighted by Crippen LogP contribution is 2.18. The van der Waals surface area contributed by atoms with Crippen molar-refractivity contribution < 1.29 is 9.59 Å². The summed E-state index contributed by atoms with van der Waals surface area (Å²) in [5, 5.41) is 0. The number of imidazole rings is 1. The molecule has 1 saturated heterocycles. The smallest absolute Gasteiger partial charge is 0.223 e. The number of aryl methyl sites for hydroxylation is 1. The summed E-state index contributed by atoms with van der Waals surface area (Å²) in [6, 6.07) is 0. The number of carbonyl (C=O) groups is 2. The van der Waals surface area contributed by atoms with Crippen molar-refractivity contribution in [2.24, 2.45) is 0 Å². The molecule has 2 aliphatic heterocycles. The monoisotopic (exact) mass is 318 g/mol. The zero-order valence-corrected chi connectivity index (χ0v) is 13.9. The number of rotatable bonds is 3. The number of nitrogens with zero attached hydrogens (tertiary/aromatic N) is 3. The van der Waals surface area contributed by atoms with Gasteiger partial charge in [0, 0.05) is 38.9 Å². The van der Waals surface area contributed by atoms with Gasteiger partial charge in [0.05, 0.1) is 17.9 Å². The molecule has 0 saturated carbocycles. The first-order valence-electron chi connectivity index (χ1n) is 8.73. The highest BCUT2D eigenvalue weighted by Gasteiger charge is 2.24. The Balaban J connectivity index is 1.48. The molecule has 3 rings (SSSR count). The lowest BCUT2D eigenvalue weighted by Crippen LogP contribution is -2.37. The molecule has 0 atom stereocenters. The zero-order valence-electron chi connectivity index (χ0n) is 13.9. The molecule has 6 nitrogen and oxygen atoms in total. The van der Waals surface area contributed by atoms with E-state index >= 15 is 0 Å². The highest BCUT2D eigenvalue weighted by atomic mass is 16.2. The number of fused-ring (bicyclic) bond motifs is 1. The standard InChI is InChI=1S/C17H26N4O2/c1-13-18-14-8-11-21(12-15(14)19-13)17(23)7-6-16(22)20-9-4-2-3-5-10-20/h2-12H2,1H3,(H,18,19). The average molecular weight is 318 g/mol. The largest absolute Gasteiger partial charge is 0.344 e. The van der Waals surface area contributed by atoms with Crippen molar-refractivity contribution in [3.63, 3.8) is 0 Å². The molecule has 0 aliphatic carbocycles. The van der Waals surface area contributed by atoms with E-state index in [1.165, 1.54) is 12.8 Å². The summed E-state index contributed by atoms with van der Waals surface area (Å²) >= 11 is 0. The number of amides is 2. The van der Waals surface area contributed by atoms with Crippen LogP contribution in [0.2, 0.25) is 0 Å². The summed E-state index contributed by atoms with van der Waals surface area (Å²) in [5.41, 5.74) is 2.12. The molecule has 0 unspecified atom stereocenters. The summed E-state index contributed by atoms with van der Waals surface area (Å²) in [5.74, 6) is 1.11. The van der Waals surface area contributed by atoms with Crippen molar-refractivity contribution >= 4 is 11.8 Å².